The van der Waals surface area contributed by atoms with Crippen LogP contribution < -0.4 is 0 Å². The van der Waals surface area contributed by atoms with Crippen LogP contribution >= 0.6 is 0 Å². The third-order valence-corrected chi connectivity index (χ3v) is 1.10. The molecule has 2 heterocycles. The summed E-state index contributed by atoms with van der Waals surface area (Å²) in [5.74, 6) is 0.692. The van der Waals surface area contributed by atoms with Gasteiger partial charge >= 0.3 is 0 Å². The lowest BCUT2D eigenvalue weighted by Crippen LogP contribution is -1.83. The largest absolute Gasteiger partial charge is 0.282 e. The molecule has 43 valence electrons. The van der Waals surface area contributed by atoms with Crippen molar-refractivity contribution >= 4 is 5.78 Å². The highest BCUT2D eigenvalue weighted by Crippen LogP contribution is 1.91. The lowest BCUT2D eigenvalue weighted by molar-refractivity contribution is 1.10. The molecular formula is C6H4N3. The molecule has 0 unspecified atom stereocenters. The number of hydrogen-bond donors (Lipinski definition) is 0. The summed E-state index contributed by atoms with van der Waals surface area (Å²) in [7, 11) is 0. The van der Waals surface area contributed by atoms with Crippen LogP contribution in [0.25, 0.3) is 5.78 Å². The van der Waals surface area contributed by atoms with Gasteiger partial charge < -0.3 is 0 Å². The van der Waals surface area contributed by atoms with Crippen molar-refractivity contribution in [2.45, 2.75) is 0 Å². The van der Waals surface area contributed by atoms with E-state index in [1.807, 2.05) is 12.3 Å². The van der Waals surface area contributed by atoms with Crippen LogP contribution in [0.5, 0.6) is 0 Å². The van der Waals surface area contributed by atoms with E-state index in [0.29, 0.717) is 5.78 Å². The molecule has 1 radical (unpaired) electrons. The van der Waals surface area contributed by atoms with Gasteiger partial charge in [0.2, 0.25) is 5.78 Å². The van der Waals surface area contributed by atoms with Crippen LogP contribution in [0.3, 0.4) is 0 Å². The summed E-state index contributed by atoms with van der Waals surface area (Å²) < 4.78 is 1.74. The van der Waals surface area contributed by atoms with Crippen LogP contribution in [-0.2, 0) is 0 Å². The van der Waals surface area contributed by atoms with E-state index in [0.717, 1.165) is 0 Å². The maximum atomic E-state index is 3.96. The van der Waals surface area contributed by atoms with Crippen LogP contribution in [0.2, 0.25) is 0 Å². The Morgan fingerprint density at radius 1 is 1.44 bits per heavy atom. The number of imidazole rings is 1. The van der Waals surface area contributed by atoms with Gasteiger partial charge in [-0.1, -0.05) is 0 Å². The predicted octanol–water partition coefficient (Wildman–Crippen LogP) is 0.529. The number of rotatable bonds is 0. The minimum Gasteiger partial charge on any atom is -0.282 e. The van der Waals surface area contributed by atoms with E-state index in [4.69, 9.17) is 0 Å². The van der Waals surface area contributed by atoms with Crippen molar-refractivity contribution in [1.82, 2.24) is 14.4 Å². The predicted molar refractivity (Wildman–Crippen MR) is 31.8 cm³/mol. The van der Waals surface area contributed by atoms with Crippen LogP contribution in [0, 0.1) is 6.20 Å². The minimum absolute atomic E-state index is 0.692. The monoisotopic (exact) mass is 118 g/mol. The number of aromatic nitrogens is 3. The highest BCUT2D eigenvalue weighted by Gasteiger charge is 1.88. The average molecular weight is 118 g/mol. The Labute approximate surface area is 52.0 Å². The van der Waals surface area contributed by atoms with Gasteiger partial charge in [-0.15, -0.1) is 0 Å². The fraction of sp³-hybridized carbons (Fsp3) is 0. The molecule has 0 aromatic carbocycles. The van der Waals surface area contributed by atoms with E-state index >= 15 is 0 Å². The van der Waals surface area contributed by atoms with Crippen LogP contribution in [-0.4, -0.2) is 14.4 Å². The van der Waals surface area contributed by atoms with Crippen molar-refractivity contribution in [3.63, 3.8) is 0 Å². The molecule has 0 N–H and O–H groups in total. The quantitative estimate of drug-likeness (QED) is 0.505. The van der Waals surface area contributed by atoms with E-state index in [1.165, 1.54) is 0 Å². The molecule has 0 spiro atoms. The average Bonchev–Trinajstić information content (AvgIpc) is 2.33. The molecule has 0 aliphatic carbocycles. The Bertz CT molecular complexity index is 282. The first-order valence-corrected chi connectivity index (χ1v) is 2.62. The molecule has 0 saturated carbocycles. The SMILES string of the molecule is [c]1cnc2ncccn12. The van der Waals surface area contributed by atoms with Gasteiger partial charge in [0, 0.05) is 12.4 Å². The van der Waals surface area contributed by atoms with E-state index in [2.05, 4.69) is 16.2 Å². The van der Waals surface area contributed by atoms with E-state index < -0.39 is 0 Å². The van der Waals surface area contributed by atoms with E-state index in [-0.39, 0.29) is 0 Å². The summed E-state index contributed by atoms with van der Waals surface area (Å²) in [4.78, 5) is 7.88. The van der Waals surface area contributed by atoms with Crippen molar-refractivity contribution < 1.29 is 0 Å². The maximum absolute atomic E-state index is 3.96. The highest BCUT2D eigenvalue weighted by molar-refractivity contribution is 5.24. The first-order valence-electron chi connectivity index (χ1n) is 2.62. The Kier molecular flexibility index (Phi) is 0.773. The second-order valence-electron chi connectivity index (χ2n) is 1.68. The van der Waals surface area contributed by atoms with Gasteiger partial charge in [-0.3, -0.25) is 4.40 Å². The molecule has 0 fully saturated rings. The van der Waals surface area contributed by atoms with E-state index in [1.54, 1.807) is 16.8 Å². The van der Waals surface area contributed by atoms with Gasteiger partial charge in [0.25, 0.3) is 0 Å². The molecule has 3 nitrogen and oxygen atoms in total. The Morgan fingerprint density at radius 2 is 2.44 bits per heavy atom. The molecule has 2 aromatic heterocycles. The third-order valence-electron chi connectivity index (χ3n) is 1.10. The fourth-order valence-electron chi connectivity index (χ4n) is 0.708. The summed E-state index contributed by atoms with van der Waals surface area (Å²) in [6.07, 6.45) is 8.02. The number of fused-ring (bicyclic) bond motifs is 1. The van der Waals surface area contributed by atoms with Gasteiger partial charge in [-0.05, 0) is 6.07 Å². The second kappa shape index (κ2) is 1.55. The fourth-order valence-corrected chi connectivity index (χ4v) is 0.708. The molecule has 2 aromatic rings. The van der Waals surface area contributed by atoms with Gasteiger partial charge in [0.15, 0.2) is 0 Å². The number of nitrogens with zero attached hydrogens (tertiary/aromatic N) is 3. The zero-order chi connectivity index (χ0) is 6.10. The van der Waals surface area contributed by atoms with Gasteiger partial charge in [0.1, 0.15) is 0 Å². The second-order valence-corrected chi connectivity index (χ2v) is 1.68. The molecule has 9 heavy (non-hydrogen) atoms. The zero-order valence-electron chi connectivity index (χ0n) is 4.65. The van der Waals surface area contributed by atoms with Gasteiger partial charge in [-0.2, -0.15) is 0 Å². The first kappa shape index (κ1) is 4.49. The summed E-state index contributed by atoms with van der Waals surface area (Å²) in [6.45, 7) is 0. The van der Waals surface area contributed by atoms with Crippen molar-refractivity contribution in [3.8, 4) is 0 Å². The molecule has 3 heteroatoms. The summed E-state index contributed by atoms with van der Waals surface area (Å²) in [5.41, 5.74) is 0. The Hall–Kier alpha value is -1.38. The summed E-state index contributed by atoms with van der Waals surface area (Å²) >= 11 is 0. The standard InChI is InChI=1S/C6H4N3/c1-2-7-6-8-3-5-9(6)4-1/h1-4H. The first-order chi connectivity index (χ1) is 4.47. The lowest BCUT2D eigenvalue weighted by Gasteiger charge is -1.85. The third kappa shape index (κ3) is 0.579. The summed E-state index contributed by atoms with van der Waals surface area (Å²) in [5, 5.41) is 0. The molecule has 0 saturated heterocycles. The zero-order valence-corrected chi connectivity index (χ0v) is 4.65. The maximum Gasteiger partial charge on any atom is 0.234 e. The van der Waals surface area contributed by atoms with Crippen molar-refractivity contribution in [3.05, 3.63) is 30.9 Å². The van der Waals surface area contributed by atoms with Gasteiger partial charge in [0.05, 0.1) is 12.4 Å². The smallest absolute Gasteiger partial charge is 0.234 e. The van der Waals surface area contributed by atoms with Crippen LogP contribution in [0.1, 0.15) is 0 Å². The van der Waals surface area contributed by atoms with E-state index in [9.17, 15) is 0 Å². The molecule has 0 aliphatic heterocycles. The molecular weight excluding hydrogens is 114 g/mol. The molecule has 2 rings (SSSR count). The Morgan fingerprint density at radius 3 is 3.33 bits per heavy atom. The lowest BCUT2D eigenvalue weighted by atomic mass is 10.7. The molecule has 0 amide bonds. The highest BCUT2D eigenvalue weighted by atomic mass is 15.1. The minimum atomic E-state index is 0.692. The van der Waals surface area contributed by atoms with Crippen LogP contribution in [0.4, 0.5) is 0 Å². The molecule has 0 bridgehead atoms. The summed E-state index contributed by atoms with van der Waals surface area (Å²) in [6, 6.07) is 1.84. The normalized spacial score (nSPS) is 10.2. The topological polar surface area (TPSA) is 30.2 Å². The molecule has 0 aliphatic rings. The van der Waals surface area contributed by atoms with Gasteiger partial charge in [-0.25, -0.2) is 9.97 Å². The number of hydrogen-bond acceptors (Lipinski definition) is 2. The van der Waals surface area contributed by atoms with Crippen molar-refractivity contribution in [2.75, 3.05) is 0 Å². The molecule has 0 atom stereocenters. The van der Waals surface area contributed by atoms with Crippen molar-refractivity contribution in [1.29, 1.82) is 0 Å². The van der Waals surface area contributed by atoms with Crippen molar-refractivity contribution in [2.24, 2.45) is 0 Å². The Balaban J connectivity index is 2.95. The van der Waals surface area contributed by atoms with Crippen LogP contribution in [0.15, 0.2) is 24.7 Å².